The topological polar surface area (TPSA) is 68.3 Å². The largest absolute Gasteiger partial charge is 0.497 e. The van der Waals surface area contributed by atoms with E-state index in [0.717, 1.165) is 40.9 Å². The maximum absolute atomic E-state index is 12.9. The second-order valence-corrected chi connectivity index (χ2v) is 8.20. The molecular formula is C25H27ClN2O5. The Balaban J connectivity index is 1.90. The van der Waals surface area contributed by atoms with E-state index in [9.17, 15) is 9.59 Å². The minimum absolute atomic E-state index is 0.213. The standard InChI is InChI=1S/C25H27ClN2O5/c1-4-32-24(29)27-20-14-15-21(28(27)25(30)33-5-2)23(20)22(16-6-10-18(26)11-7-16)17-8-12-19(31-3)13-9-17/h6-13,20-21H,4-5,14-15H2,1-3H3/t20-,21+. The highest BCUT2D eigenvalue weighted by molar-refractivity contribution is 6.30. The van der Waals surface area contributed by atoms with Crippen LogP contribution in [0, 0.1) is 0 Å². The predicted molar refractivity (Wildman–Crippen MR) is 125 cm³/mol. The van der Waals surface area contributed by atoms with Crippen molar-refractivity contribution < 1.29 is 23.8 Å². The van der Waals surface area contributed by atoms with E-state index >= 15 is 0 Å². The van der Waals surface area contributed by atoms with E-state index in [-0.39, 0.29) is 25.3 Å². The molecule has 2 aromatic carbocycles. The van der Waals surface area contributed by atoms with Gasteiger partial charge >= 0.3 is 12.2 Å². The molecule has 7 nitrogen and oxygen atoms in total. The molecule has 8 heteroatoms. The molecule has 0 aromatic heterocycles. The molecule has 1 heterocycles. The Morgan fingerprint density at radius 2 is 1.30 bits per heavy atom. The van der Waals surface area contributed by atoms with Gasteiger partial charge in [0.2, 0.25) is 0 Å². The van der Waals surface area contributed by atoms with Gasteiger partial charge in [-0.1, -0.05) is 35.9 Å². The van der Waals surface area contributed by atoms with E-state index in [0.29, 0.717) is 5.02 Å². The maximum atomic E-state index is 12.9. The van der Waals surface area contributed by atoms with Crippen molar-refractivity contribution in [1.29, 1.82) is 0 Å². The SMILES string of the molecule is CCOC(=O)N1[C@@H]2CC[C@@H](C2=C(c2ccc(Cl)cc2)c2ccc(OC)cc2)N1C(=O)OCC. The second kappa shape index (κ2) is 9.75. The summed E-state index contributed by atoms with van der Waals surface area (Å²) in [5.74, 6) is 0.745. The Kier molecular flexibility index (Phi) is 6.79. The van der Waals surface area contributed by atoms with Crippen LogP contribution in [0.1, 0.15) is 37.8 Å². The molecule has 2 bridgehead atoms. The average Bonchev–Trinajstić information content (AvgIpc) is 3.37. The van der Waals surface area contributed by atoms with Crippen molar-refractivity contribution >= 4 is 29.4 Å². The summed E-state index contributed by atoms with van der Waals surface area (Å²) in [4.78, 5) is 25.8. The van der Waals surface area contributed by atoms with Crippen LogP contribution in [0.2, 0.25) is 5.02 Å². The van der Waals surface area contributed by atoms with Gasteiger partial charge in [0.1, 0.15) is 5.75 Å². The van der Waals surface area contributed by atoms with Crippen molar-refractivity contribution in [3.63, 3.8) is 0 Å². The summed E-state index contributed by atoms with van der Waals surface area (Å²) in [5, 5.41) is 3.48. The highest BCUT2D eigenvalue weighted by Gasteiger charge is 2.55. The Labute approximate surface area is 198 Å². The number of hydrogen-bond acceptors (Lipinski definition) is 5. The van der Waals surface area contributed by atoms with E-state index in [4.69, 9.17) is 25.8 Å². The molecule has 2 aromatic rings. The van der Waals surface area contributed by atoms with Crippen LogP contribution in [0.25, 0.3) is 5.57 Å². The number of halogens is 1. The van der Waals surface area contributed by atoms with E-state index in [1.54, 1.807) is 21.0 Å². The lowest BCUT2D eigenvalue weighted by molar-refractivity contribution is -0.0378. The molecule has 4 rings (SSSR count). The number of hydrazine groups is 1. The molecule has 1 saturated carbocycles. The van der Waals surface area contributed by atoms with Gasteiger partial charge in [-0.15, -0.1) is 0 Å². The fourth-order valence-electron chi connectivity index (χ4n) is 4.67. The summed E-state index contributed by atoms with van der Waals surface area (Å²) in [6.45, 7) is 3.91. The van der Waals surface area contributed by atoms with Crippen molar-refractivity contribution in [2.45, 2.75) is 38.8 Å². The first-order chi connectivity index (χ1) is 16.0. The Bertz CT molecular complexity index is 1020. The fourth-order valence-corrected chi connectivity index (χ4v) is 4.80. The zero-order valence-corrected chi connectivity index (χ0v) is 19.7. The van der Waals surface area contributed by atoms with Gasteiger partial charge in [0, 0.05) is 5.02 Å². The lowest BCUT2D eigenvalue weighted by Crippen LogP contribution is -2.53. The highest BCUT2D eigenvalue weighted by atomic mass is 35.5. The van der Waals surface area contributed by atoms with E-state index in [1.165, 1.54) is 10.0 Å². The predicted octanol–water partition coefficient (Wildman–Crippen LogP) is 5.53. The molecule has 2 fully saturated rings. The van der Waals surface area contributed by atoms with Gasteiger partial charge in [-0.3, -0.25) is 0 Å². The summed E-state index contributed by atoms with van der Waals surface area (Å²) in [6, 6.07) is 14.7. The molecule has 0 spiro atoms. The van der Waals surface area contributed by atoms with Gasteiger partial charge in [0.15, 0.2) is 0 Å². The lowest BCUT2D eigenvalue weighted by atomic mass is 9.90. The van der Waals surface area contributed by atoms with Crippen molar-refractivity contribution in [3.05, 3.63) is 70.3 Å². The van der Waals surface area contributed by atoms with Crippen LogP contribution in [0.15, 0.2) is 54.1 Å². The van der Waals surface area contributed by atoms with Crippen LogP contribution >= 0.6 is 11.6 Å². The number of nitrogens with zero attached hydrogens (tertiary/aromatic N) is 2. The van der Waals surface area contributed by atoms with Crippen molar-refractivity contribution in [3.8, 4) is 5.75 Å². The molecule has 1 aliphatic heterocycles. The van der Waals surface area contributed by atoms with E-state index in [1.807, 2.05) is 48.5 Å². The Hall–Kier alpha value is -3.19. The van der Waals surface area contributed by atoms with Crippen LogP contribution < -0.4 is 4.74 Å². The monoisotopic (exact) mass is 470 g/mol. The van der Waals surface area contributed by atoms with Gasteiger partial charge < -0.3 is 14.2 Å². The summed E-state index contributed by atoms with van der Waals surface area (Å²) < 4.78 is 15.9. The molecular weight excluding hydrogens is 444 g/mol. The van der Waals surface area contributed by atoms with E-state index in [2.05, 4.69) is 0 Å². The third kappa shape index (κ3) is 4.25. The minimum atomic E-state index is -0.555. The molecule has 1 aliphatic carbocycles. The number of fused-ring (bicyclic) bond motifs is 2. The van der Waals surface area contributed by atoms with E-state index < -0.39 is 12.2 Å². The third-order valence-corrected chi connectivity index (χ3v) is 6.22. The van der Waals surface area contributed by atoms with Crippen molar-refractivity contribution in [2.75, 3.05) is 20.3 Å². The first kappa shape index (κ1) is 23.0. The molecule has 1 saturated heterocycles. The summed E-state index contributed by atoms with van der Waals surface area (Å²) >= 11 is 6.16. The number of carbonyl (C=O) groups is 2. The molecule has 0 radical (unpaired) electrons. The van der Waals surface area contributed by atoms with Crippen LogP contribution in [0.4, 0.5) is 9.59 Å². The van der Waals surface area contributed by atoms with Gasteiger partial charge in [-0.2, -0.15) is 0 Å². The molecule has 0 unspecified atom stereocenters. The summed E-state index contributed by atoms with van der Waals surface area (Å²) in [7, 11) is 1.62. The summed E-state index contributed by atoms with van der Waals surface area (Å²) in [5.41, 5.74) is 3.86. The Morgan fingerprint density at radius 3 is 1.73 bits per heavy atom. The lowest BCUT2D eigenvalue weighted by Gasteiger charge is -2.35. The second-order valence-electron chi connectivity index (χ2n) is 7.76. The quantitative estimate of drug-likeness (QED) is 0.575. The highest BCUT2D eigenvalue weighted by Crippen LogP contribution is 2.48. The van der Waals surface area contributed by atoms with Gasteiger partial charge in [0.25, 0.3) is 0 Å². The minimum Gasteiger partial charge on any atom is -0.497 e. The normalized spacial score (nSPS) is 20.6. The van der Waals surface area contributed by atoms with Crippen LogP contribution in [0.5, 0.6) is 5.75 Å². The molecule has 33 heavy (non-hydrogen) atoms. The smallest absolute Gasteiger partial charge is 0.429 e. The van der Waals surface area contributed by atoms with Crippen LogP contribution in [-0.2, 0) is 9.47 Å². The van der Waals surface area contributed by atoms with Crippen LogP contribution in [-0.4, -0.2) is 54.6 Å². The first-order valence-corrected chi connectivity index (χ1v) is 11.4. The number of carbonyl (C=O) groups excluding carboxylic acids is 2. The number of rotatable bonds is 5. The number of ether oxygens (including phenoxy) is 3. The maximum Gasteiger partial charge on any atom is 0.429 e. The number of hydrogen-bond donors (Lipinski definition) is 0. The number of methoxy groups -OCH3 is 1. The molecule has 2 amide bonds. The van der Waals surface area contributed by atoms with Crippen LogP contribution in [0.3, 0.4) is 0 Å². The third-order valence-electron chi connectivity index (χ3n) is 5.96. The molecule has 2 atom stereocenters. The first-order valence-electron chi connectivity index (χ1n) is 11.1. The fraction of sp³-hybridized carbons (Fsp3) is 0.360. The number of benzene rings is 2. The van der Waals surface area contributed by atoms with Crippen molar-refractivity contribution in [2.24, 2.45) is 0 Å². The molecule has 2 aliphatic rings. The van der Waals surface area contributed by atoms with Gasteiger partial charge in [-0.05, 0) is 73.2 Å². The molecule has 0 N–H and O–H groups in total. The number of amides is 2. The van der Waals surface area contributed by atoms with Crippen molar-refractivity contribution in [1.82, 2.24) is 10.0 Å². The zero-order valence-electron chi connectivity index (χ0n) is 18.9. The Morgan fingerprint density at radius 1 is 0.848 bits per heavy atom. The van der Waals surface area contributed by atoms with Gasteiger partial charge in [0.05, 0.1) is 32.4 Å². The summed E-state index contributed by atoms with van der Waals surface area (Å²) in [6.07, 6.45) is 0.338. The molecule has 174 valence electrons. The average molecular weight is 471 g/mol. The van der Waals surface area contributed by atoms with Gasteiger partial charge in [-0.25, -0.2) is 19.6 Å². The zero-order chi connectivity index (χ0) is 23.5.